The molecule has 0 atom stereocenters. The lowest BCUT2D eigenvalue weighted by Crippen LogP contribution is -2.18. The number of aryl methyl sites for hydroxylation is 1. The molecule has 1 amide bonds. The van der Waals surface area contributed by atoms with Crippen LogP contribution in [0.15, 0.2) is 76.2 Å². The number of benzene rings is 2. The molecule has 0 unspecified atom stereocenters. The molecule has 8 heteroatoms. The summed E-state index contributed by atoms with van der Waals surface area (Å²) in [6, 6.07) is 17.3. The van der Waals surface area contributed by atoms with Gasteiger partial charge in [-0.2, -0.15) is 0 Å². The van der Waals surface area contributed by atoms with Crippen molar-refractivity contribution in [3.63, 3.8) is 0 Å². The number of rotatable bonds is 5. The van der Waals surface area contributed by atoms with E-state index in [1.807, 2.05) is 41.8 Å². The van der Waals surface area contributed by atoms with Crippen molar-refractivity contribution in [2.75, 3.05) is 5.32 Å². The van der Waals surface area contributed by atoms with Crippen molar-refractivity contribution in [3.8, 4) is 0 Å². The van der Waals surface area contributed by atoms with Crippen LogP contribution in [-0.4, -0.2) is 18.9 Å². The molecule has 0 aliphatic heterocycles. The minimum atomic E-state index is -3.78. The second-order valence-corrected chi connectivity index (χ2v) is 8.36. The summed E-state index contributed by atoms with van der Waals surface area (Å²) in [4.78, 5) is 12.9. The van der Waals surface area contributed by atoms with Gasteiger partial charge in [0, 0.05) is 24.4 Å². The number of nitrogens with two attached hydrogens (primary N) is 1. The lowest BCUT2D eigenvalue weighted by molar-refractivity contribution is 0.101. The molecule has 4 aromatic rings. The number of anilines is 1. The average Bonchev–Trinajstić information content (AvgIpc) is 3.26. The Kier molecular flexibility index (Phi) is 4.73. The molecule has 2 heterocycles. The molecule has 2 aromatic carbocycles. The molecular weight excluding hydrogens is 390 g/mol. The molecule has 0 radical (unpaired) electrons. The molecule has 7 nitrogen and oxygen atoms in total. The summed E-state index contributed by atoms with van der Waals surface area (Å²) < 4.78 is 30.1. The summed E-state index contributed by atoms with van der Waals surface area (Å²) in [5.74, 6) is -0.327. The Bertz CT molecular complexity index is 1280. The van der Waals surface area contributed by atoms with E-state index in [9.17, 15) is 13.2 Å². The standard InChI is InChI=1S/C21H19N3O4S/c1-14-2-4-15(5-3-14)13-24-18-10-11-28-20(18)12-19(24)21(25)23-16-6-8-17(9-7-16)29(22,26)27/h2-12H,13H2,1H3,(H,23,25)(H2,22,26,27). The van der Waals surface area contributed by atoms with Gasteiger partial charge in [0.2, 0.25) is 10.0 Å². The van der Waals surface area contributed by atoms with Gasteiger partial charge in [-0.15, -0.1) is 0 Å². The first kappa shape index (κ1) is 19.0. The van der Waals surface area contributed by atoms with E-state index in [2.05, 4.69) is 5.32 Å². The van der Waals surface area contributed by atoms with Crippen molar-refractivity contribution >= 4 is 32.7 Å². The summed E-state index contributed by atoms with van der Waals surface area (Å²) in [6.07, 6.45) is 1.59. The number of nitrogens with zero attached hydrogens (tertiary/aromatic N) is 1. The number of aromatic nitrogens is 1. The van der Waals surface area contributed by atoms with E-state index < -0.39 is 10.0 Å². The van der Waals surface area contributed by atoms with Crippen molar-refractivity contribution in [2.24, 2.45) is 5.14 Å². The Labute approximate surface area is 167 Å². The number of nitrogens with one attached hydrogen (secondary N) is 1. The summed E-state index contributed by atoms with van der Waals surface area (Å²) in [5, 5.41) is 7.89. The molecule has 0 aliphatic rings. The molecule has 3 N–H and O–H groups in total. The third-order valence-corrected chi connectivity index (χ3v) is 5.59. The molecule has 0 saturated heterocycles. The van der Waals surface area contributed by atoms with Crippen LogP contribution in [-0.2, 0) is 16.6 Å². The van der Waals surface area contributed by atoms with E-state index in [1.54, 1.807) is 12.3 Å². The van der Waals surface area contributed by atoms with Gasteiger partial charge in [-0.05, 0) is 36.8 Å². The highest BCUT2D eigenvalue weighted by Crippen LogP contribution is 2.24. The van der Waals surface area contributed by atoms with Crippen LogP contribution in [0, 0.1) is 6.92 Å². The van der Waals surface area contributed by atoms with Crippen LogP contribution < -0.4 is 10.5 Å². The molecular formula is C21H19N3O4S. The fraction of sp³-hybridized carbons (Fsp3) is 0.0952. The van der Waals surface area contributed by atoms with Crippen LogP contribution in [0.2, 0.25) is 0 Å². The third kappa shape index (κ3) is 3.94. The zero-order valence-electron chi connectivity index (χ0n) is 15.6. The van der Waals surface area contributed by atoms with E-state index in [-0.39, 0.29) is 10.8 Å². The fourth-order valence-electron chi connectivity index (χ4n) is 3.13. The predicted octanol–water partition coefficient (Wildman–Crippen LogP) is 3.49. The Balaban J connectivity index is 1.63. The second kappa shape index (κ2) is 7.23. The minimum absolute atomic E-state index is 0.0178. The van der Waals surface area contributed by atoms with Crippen molar-refractivity contribution in [2.45, 2.75) is 18.4 Å². The molecule has 0 fully saturated rings. The first-order chi connectivity index (χ1) is 13.8. The van der Waals surface area contributed by atoms with Crippen LogP contribution in [0.1, 0.15) is 21.6 Å². The Morgan fingerprint density at radius 1 is 1.07 bits per heavy atom. The molecule has 0 spiro atoms. The van der Waals surface area contributed by atoms with Crippen LogP contribution in [0.3, 0.4) is 0 Å². The van der Waals surface area contributed by atoms with E-state index in [1.165, 1.54) is 24.3 Å². The van der Waals surface area contributed by atoms with E-state index in [4.69, 9.17) is 9.56 Å². The third-order valence-electron chi connectivity index (χ3n) is 4.66. The Morgan fingerprint density at radius 3 is 2.41 bits per heavy atom. The largest absolute Gasteiger partial charge is 0.463 e. The molecule has 148 valence electrons. The number of carbonyl (C=O) groups excluding carboxylic acids is 1. The average molecular weight is 409 g/mol. The highest BCUT2D eigenvalue weighted by Gasteiger charge is 2.18. The van der Waals surface area contributed by atoms with Gasteiger partial charge in [0.1, 0.15) is 5.69 Å². The van der Waals surface area contributed by atoms with Gasteiger partial charge in [0.25, 0.3) is 5.91 Å². The minimum Gasteiger partial charge on any atom is -0.463 e. The Hall–Kier alpha value is -3.36. The topological polar surface area (TPSA) is 107 Å². The summed E-state index contributed by atoms with van der Waals surface area (Å²) in [7, 11) is -3.78. The number of carbonyl (C=O) groups is 1. The highest BCUT2D eigenvalue weighted by atomic mass is 32.2. The van der Waals surface area contributed by atoms with E-state index >= 15 is 0 Å². The number of hydrogen-bond donors (Lipinski definition) is 2. The number of primary sulfonamides is 1. The quantitative estimate of drug-likeness (QED) is 0.526. The normalized spacial score (nSPS) is 11.7. The number of fused-ring (bicyclic) bond motifs is 1. The zero-order chi connectivity index (χ0) is 20.6. The van der Waals surface area contributed by atoms with Gasteiger partial charge in [-0.25, -0.2) is 13.6 Å². The van der Waals surface area contributed by atoms with Gasteiger partial charge in [0.05, 0.1) is 16.7 Å². The Morgan fingerprint density at radius 2 is 1.76 bits per heavy atom. The van der Waals surface area contributed by atoms with Crippen molar-refractivity contribution in [1.29, 1.82) is 0 Å². The monoisotopic (exact) mass is 409 g/mol. The highest BCUT2D eigenvalue weighted by molar-refractivity contribution is 7.89. The lowest BCUT2D eigenvalue weighted by Gasteiger charge is -2.11. The zero-order valence-corrected chi connectivity index (χ0v) is 16.4. The number of hydrogen-bond acceptors (Lipinski definition) is 4. The van der Waals surface area contributed by atoms with E-state index in [0.29, 0.717) is 23.5 Å². The van der Waals surface area contributed by atoms with Gasteiger partial charge in [-0.1, -0.05) is 29.8 Å². The molecule has 4 rings (SSSR count). The number of furan rings is 1. The number of sulfonamides is 1. The first-order valence-electron chi connectivity index (χ1n) is 8.88. The molecule has 0 saturated carbocycles. The SMILES string of the molecule is Cc1ccc(Cn2c(C(=O)Nc3ccc(S(N)(=O)=O)cc3)cc3occc32)cc1. The second-order valence-electron chi connectivity index (χ2n) is 6.79. The fourth-order valence-corrected chi connectivity index (χ4v) is 3.65. The maximum atomic E-state index is 12.9. The maximum absolute atomic E-state index is 12.9. The van der Waals surface area contributed by atoms with Crippen LogP contribution in [0.25, 0.3) is 11.1 Å². The van der Waals surface area contributed by atoms with Gasteiger partial charge in [-0.3, -0.25) is 4.79 Å². The smallest absolute Gasteiger partial charge is 0.272 e. The number of amides is 1. The molecule has 0 bridgehead atoms. The van der Waals surface area contributed by atoms with Crippen LogP contribution in [0.5, 0.6) is 0 Å². The van der Waals surface area contributed by atoms with Gasteiger partial charge in [0.15, 0.2) is 5.58 Å². The first-order valence-corrected chi connectivity index (χ1v) is 10.4. The van der Waals surface area contributed by atoms with Gasteiger partial charge < -0.3 is 14.3 Å². The maximum Gasteiger partial charge on any atom is 0.272 e. The van der Waals surface area contributed by atoms with Crippen molar-refractivity contribution in [1.82, 2.24) is 4.57 Å². The van der Waals surface area contributed by atoms with Crippen molar-refractivity contribution in [3.05, 3.63) is 83.7 Å². The van der Waals surface area contributed by atoms with E-state index in [0.717, 1.165) is 16.6 Å². The molecule has 0 aliphatic carbocycles. The van der Waals surface area contributed by atoms with Crippen LogP contribution in [0.4, 0.5) is 5.69 Å². The predicted molar refractivity (Wildman–Crippen MR) is 110 cm³/mol. The molecule has 29 heavy (non-hydrogen) atoms. The molecule has 2 aromatic heterocycles. The summed E-state index contributed by atoms with van der Waals surface area (Å²) in [6.45, 7) is 2.53. The van der Waals surface area contributed by atoms with Crippen molar-refractivity contribution < 1.29 is 17.6 Å². The summed E-state index contributed by atoms with van der Waals surface area (Å²) in [5.41, 5.74) is 4.56. The van der Waals surface area contributed by atoms with Gasteiger partial charge >= 0.3 is 0 Å². The van der Waals surface area contributed by atoms with Crippen LogP contribution >= 0.6 is 0 Å². The lowest BCUT2D eigenvalue weighted by atomic mass is 10.1. The summed E-state index contributed by atoms with van der Waals surface area (Å²) >= 11 is 0.